The van der Waals surface area contributed by atoms with E-state index in [0.717, 1.165) is 28.3 Å². The molecule has 0 atom stereocenters. The monoisotopic (exact) mass is 600 g/mol. The summed E-state index contributed by atoms with van der Waals surface area (Å²) in [6, 6.07) is 23.4. The fourth-order valence-corrected chi connectivity index (χ4v) is 4.68. The van der Waals surface area contributed by atoms with E-state index in [0.29, 0.717) is 29.8 Å². The number of aliphatic imine (C=N–C) groups is 1. The highest BCUT2D eigenvalue weighted by molar-refractivity contribution is 14.1. The van der Waals surface area contributed by atoms with Gasteiger partial charge in [-0.1, -0.05) is 24.3 Å². The normalized spacial score (nSPS) is 15.7. The van der Waals surface area contributed by atoms with Gasteiger partial charge in [0, 0.05) is 10.7 Å². The lowest BCUT2D eigenvalue weighted by Crippen LogP contribution is -2.32. The maximum Gasteiger partial charge on any atom is 0.266 e. The van der Waals surface area contributed by atoms with E-state index in [1.54, 1.807) is 19.1 Å². The average Bonchev–Trinajstić information content (AvgIpc) is 3.17. The summed E-state index contributed by atoms with van der Waals surface area (Å²) in [4.78, 5) is 20.1. The van der Waals surface area contributed by atoms with Crippen LogP contribution in [0.1, 0.15) is 11.1 Å². The lowest BCUT2D eigenvalue weighted by molar-refractivity contribution is -0.122. The fourth-order valence-electron chi connectivity index (χ4n) is 3.30. The number of carbonyl (C=O) groups excluding carboxylic acids is 1. The minimum Gasteiger partial charge on any atom is -0.497 e. The van der Waals surface area contributed by atoms with Gasteiger partial charge in [0.1, 0.15) is 18.1 Å². The highest BCUT2D eigenvalue weighted by Gasteiger charge is 2.33. The number of nitrogens with zero attached hydrogens (tertiary/aromatic N) is 2. The van der Waals surface area contributed by atoms with Crippen molar-refractivity contribution in [3.63, 3.8) is 0 Å². The number of halogens is 1. The molecule has 8 heteroatoms. The van der Waals surface area contributed by atoms with Crippen LogP contribution in [0.15, 0.2) is 82.7 Å². The first-order chi connectivity index (χ1) is 17.1. The van der Waals surface area contributed by atoms with Gasteiger partial charge in [0.2, 0.25) is 0 Å². The third kappa shape index (κ3) is 6.87. The van der Waals surface area contributed by atoms with E-state index >= 15 is 0 Å². The first kappa shape index (κ1) is 25.3. The van der Waals surface area contributed by atoms with Crippen molar-refractivity contribution in [1.29, 1.82) is 0 Å². The van der Waals surface area contributed by atoms with Crippen LogP contribution in [0.4, 0.5) is 5.69 Å². The summed E-state index contributed by atoms with van der Waals surface area (Å²) < 4.78 is 17.5. The third-order valence-electron chi connectivity index (χ3n) is 5.20. The van der Waals surface area contributed by atoms with Crippen LogP contribution in [-0.2, 0) is 16.1 Å². The van der Waals surface area contributed by atoms with Crippen LogP contribution in [0.3, 0.4) is 0 Å². The first-order valence-corrected chi connectivity index (χ1v) is 12.9. The number of hydrogen-bond acceptors (Lipinski definition) is 6. The Balaban J connectivity index is 1.48. The third-order valence-corrected chi connectivity index (χ3v) is 6.93. The van der Waals surface area contributed by atoms with Crippen LogP contribution in [0.25, 0.3) is 6.08 Å². The van der Waals surface area contributed by atoms with Gasteiger partial charge in [-0.25, -0.2) is 4.99 Å². The van der Waals surface area contributed by atoms with E-state index in [2.05, 4.69) is 46.9 Å². The molecular formula is C27H25IN2O4S. The molecule has 0 saturated carbocycles. The molecule has 0 aromatic heterocycles. The molecule has 1 heterocycles. The van der Waals surface area contributed by atoms with Gasteiger partial charge < -0.3 is 14.2 Å². The summed E-state index contributed by atoms with van der Waals surface area (Å²) in [5.41, 5.74) is 2.78. The molecule has 35 heavy (non-hydrogen) atoms. The van der Waals surface area contributed by atoms with Gasteiger partial charge in [-0.2, -0.15) is 0 Å². The zero-order valence-corrected chi connectivity index (χ0v) is 22.4. The van der Waals surface area contributed by atoms with Crippen LogP contribution < -0.4 is 9.47 Å². The maximum atomic E-state index is 13.1. The maximum absolute atomic E-state index is 13.1. The highest BCUT2D eigenvalue weighted by Crippen LogP contribution is 2.34. The van der Waals surface area contributed by atoms with E-state index in [-0.39, 0.29) is 5.91 Å². The molecule has 1 aliphatic heterocycles. The number of ether oxygens (including phenoxy) is 3. The van der Waals surface area contributed by atoms with Crippen molar-refractivity contribution in [3.8, 4) is 11.5 Å². The number of methoxy groups -OCH3 is 2. The second-order valence-corrected chi connectivity index (χ2v) is 9.89. The minimum absolute atomic E-state index is 0.0849. The molecule has 1 aliphatic rings. The van der Waals surface area contributed by atoms with Crippen molar-refractivity contribution >= 4 is 57.2 Å². The number of amidine groups is 1. The number of benzene rings is 3. The second kappa shape index (κ2) is 12.2. The molecule has 6 nitrogen and oxygen atoms in total. The van der Waals surface area contributed by atoms with E-state index in [4.69, 9.17) is 19.2 Å². The second-order valence-electron chi connectivity index (χ2n) is 7.64. The SMILES string of the molecule is COCCN1C(=O)/C(=C/c2ccc(OCc3ccc(I)cc3)cc2)SC1=Nc1ccc(OC)cc1. The number of hydrogen-bond donors (Lipinski definition) is 0. The van der Waals surface area contributed by atoms with Crippen LogP contribution in [0.2, 0.25) is 0 Å². The molecule has 0 unspecified atom stereocenters. The Bertz CT molecular complexity index is 1210. The molecule has 4 rings (SSSR count). The largest absolute Gasteiger partial charge is 0.497 e. The number of rotatable bonds is 9. The molecule has 0 radical (unpaired) electrons. The molecule has 0 bridgehead atoms. The van der Waals surface area contributed by atoms with Crippen molar-refractivity contribution < 1.29 is 19.0 Å². The molecule has 0 aliphatic carbocycles. The minimum atomic E-state index is -0.0849. The lowest BCUT2D eigenvalue weighted by Gasteiger charge is -2.14. The number of amides is 1. The summed E-state index contributed by atoms with van der Waals surface area (Å²) in [6.07, 6.45) is 1.88. The molecule has 3 aromatic rings. The summed E-state index contributed by atoms with van der Waals surface area (Å²) >= 11 is 3.64. The first-order valence-electron chi connectivity index (χ1n) is 11.0. The number of carbonyl (C=O) groups is 1. The van der Waals surface area contributed by atoms with Gasteiger partial charge >= 0.3 is 0 Å². The molecule has 1 fully saturated rings. The van der Waals surface area contributed by atoms with Gasteiger partial charge in [-0.3, -0.25) is 9.69 Å². The molecule has 0 N–H and O–H groups in total. The molecule has 1 amide bonds. The van der Waals surface area contributed by atoms with Crippen LogP contribution in [-0.4, -0.2) is 43.3 Å². The Kier molecular flexibility index (Phi) is 8.84. The Morgan fingerprint density at radius 2 is 1.63 bits per heavy atom. The zero-order valence-electron chi connectivity index (χ0n) is 19.4. The molecule has 1 saturated heterocycles. The molecule has 3 aromatic carbocycles. The van der Waals surface area contributed by atoms with Crippen molar-refractivity contribution in [3.05, 3.63) is 92.4 Å². The topological polar surface area (TPSA) is 60.4 Å². The van der Waals surface area contributed by atoms with Crippen molar-refractivity contribution in [2.24, 2.45) is 4.99 Å². The quantitative estimate of drug-likeness (QED) is 0.219. The Labute approximate surface area is 223 Å². The zero-order chi connectivity index (χ0) is 24.6. The number of thioether (sulfide) groups is 1. The van der Waals surface area contributed by atoms with Gasteiger partial charge in [0.05, 0.1) is 30.9 Å². The Morgan fingerprint density at radius 1 is 0.943 bits per heavy atom. The van der Waals surface area contributed by atoms with E-state index in [1.165, 1.54) is 15.3 Å². The standard InChI is InChI=1S/C27H25IN2O4S/c1-32-16-15-30-26(31)25(35-27(30)29-22-9-13-23(33-2)14-10-22)17-19-5-11-24(12-6-19)34-18-20-3-7-21(28)8-4-20/h3-14,17H,15-16,18H2,1-2H3/b25-17-,29-27?. The Hall–Kier alpha value is -2.82. The van der Waals surface area contributed by atoms with Crippen molar-refractivity contribution in [2.45, 2.75) is 6.61 Å². The van der Waals surface area contributed by atoms with Gasteiger partial charge in [0.25, 0.3) is 5.91 Å². The average molecular weight is 600 g/mol. The summed E-state index contributed by atoms with van der Waals surface area (Å²) in [7, 11) is 3.24. The van der Waals surface area contributed by atoms with Crippen LogP contribution >= 0.6 is 34.4 Å². The molecule has 180 valence electrons. The van der Waals surface area contributed by atoms with Crippen molar-refractivity contribution in [1.82, 2.24) is 4.90 Å². The van der Waals surface area contributed by atoms with E-state index in [1.807, 2.05) is 54.6 Å². The van der Waals surface area contributed by atoms with Gasteiger partial charge in [-0.05, 0) is 100 Å². The van der Waals surface area contributed by atoms with E-state index in [9.17, 15) is 4.79 Å². The molecular weight excluding hydrogens is 575 g/mol. The summed E-state index contributed by atoms with van der Waals surface area (Å²) in [5, 5.41) is 0.626. The smallest absolute Gasteiger partial charge is 0.266 e. The van der Waals surface area contributed by atoms with Crippen LogP contribution in [0.5, 0.6) is 11.5 Å². The lowest BCUT2D eigenvalue weighted by atomic mass is 10.2. The van der Waals surface area contributed by atoms with Gasteiger partial charge in [-0.15, -0.1) is 0 Å². The Morgan fingerprint density at radius 3 is 2.29 bits per heavy atom. The molecule has 0 spiro atoms. The predicted octanol–water partition coefficient (Wildman–Crippen LogP) is 6.13. The van der Waals surface area contributed by atoms with Crippen LogP contribution in [0, 0.1) is 3.57 Å². The van der Waals surface area contributed by atoms with E-state index < -0.39 is 0 Å². The summed E-state index contributed by atoms with van der Waals surface area (Å²) in [6.45, 7) is 1.36. The van der Waals surface area contributed by atoms with Gasteiger partial charge in [0.15, 0.2) is 5.17 Å². The predicted molar refractivity (Wildman–Crippen MR) is 149 cm³/mol. The fraction of sp³-hybridized carbons (Fsp3) is 0.185. The highest BCUT2D eigenvalue weighted by atomic mass is 127. The summed E-state index contributed by atoms with van der Waals surface area (Å²) in [5.74, 6) is 1.45. The van der Waals surface area contributed by atoms with Crippen molar-refractivity contribution in [2.75, 3.05) is 27.4 Å².